The van der Waals surface area contributed by atoms with E-state index in [0.717, 1.165) is 21.9 Å². The van der Waals surface area contributed by atoms with Crippen LogP contribution in [0.15, 0.2) is 33.7 Å². The van der Waals surface area contributed by atoms with Gasteiger partial charge in [-0.05, 0) is 42.5 Å². The van der Waals surface area contributed by atoms with Crippen molar-refractivity contribution in [1.82, 2.24) is 0 Å². The van der Waals surface area contributed by atoms with Crippen molar-refractivity contribution < 1.29 is 0 Å². The second-order valence-corrected chi connectivity index (χ2v) is 7.13. The van der Waals surface area contributed by atoms with Crippen LogP contribution in [0.3, 0.4) is 0 Å². The maximum atomic E-state index is 4.74. The highest BCUT2D eigenvalue weighted by Crippen LogP contribution is 2.43. The second-order valence-electron chi connectivity index (χ2n) is 5.25. The Morgan fingerprint density at radius 2 is 1.89 bits per heavy atom. The molecule has 18 heavy (non-hydrogen) atoms. The predicted octanol–water partition coefficient (Wildman–Crippen LogP) is 4.52. The van der Waals surface area contributed by atoms with Gasteiger partial charge in [-0.25, -0.2) is 0 Å². The first-order chi connectivity index (χ1) is 8.76. The van der Waals surface area contributed by atoms with E-state index >= 15 is 0 Å². The monoisotopic (exact) mass is 324 g/mol. The lowest BCUT2D eigenvalue weighted by molar-refractivity contribution is 0.359. The first kappa shape index (κ1) is 12.5. The standard InChI is InChI=1S/C14H17BrN2S/c15-11-3-5-12(6-4-11)17-13-16-9-14(10-18-13)7-1-2-8-14/h3-6H,1-2,7-10H2,(H,16,17). The minimum atomic E-state index is 0.523. The molecule has 96 valence electrons. The molecule has 2 aliphatic rings. The Hall–Kier alpha value is -0.480. The second kappa shape index (κ2) is 5.25. The van der Waals surface area contributed by atoms with Crippen LogP contribution in [0, 0.1) is 5.41 Å². The number of halogens is 1. The van der Waals surface area contributed by atoms with Gasteiger partial charge in [-0.1, -0.05) is 40.5 Å². The molecule has 0 amide bonds. The minimum Gasteiger partial charge on any atom is -0.335 e. The van der Waals surface area contributed by atoms with E-state index in [1.807, 2.05) is 11.8 Å². The van der Waals surface area contributed by atoms with Crippen LogP contribution in [0.5, 0.6) is 0 Å². The molecule has 0 aromatic heterocycles. The van der Waals surface area contributed by atoms with Gasteiger partial charge in [0.15, 0.2) is 5.17 Å². The number of nitrogens with zero attached hydrogens (tertiary/aromatic N) is 1. The average Bonchev–Trinajstić information content (AvgIpc) is 2.84. The molecule has 1 heterocycles. The van der Waals surface area contributed by atoms with Crippen LogP contribution >= 0.6 is 27.7 Å². The number of rotatable bonds is 1. The molecule has 0 saturated heterocycles. The summed E-state index contributed by atoms with van der Waals surface area (Å²) < 4.78 is 1.11. The number of hydrogen-bond acceptors (Lipinski definition) is 3. The van der Waals surface area contributed by atoms with Gasteiger partial charge in [0.05, 0.1) is 0 Å². The molecule has 0 atom stereocenters. The van der Waals surface area contributed by atoms with E-state index in [-0.39, 0.29) is 0 Å². The molecule has 1 aliphatic carbocycles. The summed E-state index contributed by atoms with van der Waals surface area (Å²) in [6.45, 7) is 1.01. The fourth-order valence-corrected chi connectivity index (χ4v) is 4.15. The average molecular weight is 325 g/mol. The van der Waals surface area contributed by atoms with Gasteiger partial charge in [-0.3, -0.25) is 4.99 Å². The number of amidine groups is 1. The van der Waals surface area contributed by atoms with Crippen molar-refractivity contribution >= 4 is 38.5 Å². The summed E-state index contributed by atoms with van der Waals surface area (Å²) in [5.74, 6) is 1.23. The van der Waals surface area contributed by atoms with Crippen molar-refractivity contribution in [2.45, 2.75) is 25.7 Å². The molecule has 4 heteroatoms. The van der Waals surface area contributed by atoms with Gasteiger partial charge in [-0.2, -0.15) is 0 Å². The third-order valence-corrected chi connectivity index (χ3v) is 5.62. The fourth-order valence-electron chi connectivity index (χ4n) is 2.71. The van der Waals surface area contributed by atoms with Crippen molar-refractivity contribution in [3.63, 3.8) is 0 Å². The number of aliphatic imine (C=N–C) groups is 1. The summed E-state index contributed by atoms with van der Waals surface area (Å²) in [6.07, 6.45) is 5.53. The Morgan fingerprint density at radius 1 is 1.17 bits per heavy atom. The van der Waals surface area contributed by atoms with Gasteiger partial charge >= 0.3 is 0 Å². The number of thioether (sulfide) groups is 1. The van der Waals surface area contributed by atoms with Crippen LogP contribution in [-0.4, -0.2) is 17.5 Å². The molecule has 1 aromatic rings. The molecule has 1 spiro atoms. The lowest BCUT2D eigenvalue weighted by Crippen LogP contribution is -2.30. The largest absolute Gasteiger partial charge is 0.335 e. The zero-order valence-electron chi connectivity index (χ0n) is 10.3. The summed E-state index contributed by atoms with van der Waals surface area (Å²) in [5.41, 5.74) is 1.64. The third-order valence-electron chi connectivity index (χ3n) is 3.83. The van der Waals surface area contributed by atoms with Gasteiger partial charge in [-0.15, -0.1) is 0 Å². The van der Waals surface area contributed by atoms with Crippen LogP contribution in [0.25, 0.3) is 0 Å². The highest BCUT2D eigenvalue weighted by Gasteiger charge is 2.36. The third kappa shape index (κ3) is 2.75. The normalized spacial score (nSPS) is 21.9. The van der Waals surface area contributed by atoms with Gasteiger partial charge in [0.1, 0.15) is 0 Å². The summed E-state index contributed by atoms with van der Waals surface area (Å²) in [7, 11) is 0. The SMILES string of the molecule is Brc1ccc(NC2=NCC3(CCCC3)CS2)cc1. The number of anilines is 1. The van der Waals surface area contributed by atoms with Gasteiger partial charge in [0, 0.05) is 22.5 Å². The summed E-state index contributed by atoms with van der Waals surface area (Å²) in [6, 6.07) is 8.25. The van der Waals surface area contributed by atoms with Crippen LogP contribution in [0.4, 0.5) is 5.69 Å². The smallest absolute Gasteiger partial charge is 0.161 e. The summed E-state index contributed by atoms with van der Waals surface area (Å²) in [4.78, 5) is 4.74. The highest BCUT2D eigenvalue weighted by molar-refractivity contribution is 9.10. The molecular weight excluding hydrogens is 308 g/mol. The molecule has 2 nitrogen and oxygen atoms in total. The molecule has 0 unspecified atom stereocenters. The van der Waals surface area contributed by atoms with Gasteiger partial charge in [0.2, 0.25) is 0 Å². The van der Waals surface area contributed by atoms with Crippen molar-refractivity contribution in [3.05, 3.63) is 28.7 Å². The highest BCUT2D eigenvalue weighted by atomic mass is 79.9. The molecule has 1 aromatic carbocycles. The van der Waals surface area contributed by atoms with E-state index in [9.17, 15) is 0 Å². The fraction of sp³-hybridized carbons (Fsp3) is 0.500. The van der Waals surface area contributed by atoms with Crippen LogP contribution in [0.2, 0.25) is 0 Å². The molecule has 0 radical (unpaired) electrons. The van der Waals surface area contributed by atoms with Crippen molar-refractivity contribution in [3.8, 4) is 0 Å². The molecule has 3 rings (SSSR count). The van der Waals surface area contributed by atoms with Crippen LogP contribution < -0.4 is 5.32 Å². The topological polar surface area (TPSA) is 24.4 Å². The van der Waals surface area contributed by atoms with Crippen LogP contribution in [-0.2, 0) is 0 Å². The Balaban J connectivity index is 1.64. The van der Waals surface area contributed by atoms with Crippen molar-refractivity contribution in [2.75, 3.05) is 17.6 Å². The first-order valence-corrected chi connectivity index (χ1v) is 8.24. The Kier molecular flexibility index (Phi) is 3.66. The van der Waals surface area contributed by atoms with Crippen LogP contribution in [0.1, 0.15) is 25.7 Å². The molecule has 0 bridgehead atoms. The Labute approximate surface area is 121 Å². The number of nitrogens with one attached hydrogen (secondary N) is 1. The molecule has 1 aliphatic heterocycles. The van der Waals surface area contributed by atoms with E-state index in [0.29, 0.717) is 5.41 Å². The first-order valence-electron chi connectivity index (χ1n) is 6.46. The molecule has 1 fully saturated rings. The van der Waals surface area contributed by atoms with Gasteiger partial charge < -0.3 is 5.32 Å². The maximum absolute atomic E-state index is 4.74. The zero-order valence-corrected chi connectivity index (χ0v) is 12.7. The van der Waals surface area contributed by atoms with E-state index in [1.165, 1.54) is 31.4 Å². The maximum Gasteiger partial charge on any atom is 0.161 e. The number of hydrogen-bond donors (Lipinski definition) is 1. The van der Waals surface area contributed by atoms with Crippen molar-refractivity contribution in [1.29, 1.82) is 0 Å². The Bertz CT molecular complexity index is 449. The van der Waals surface area contributed by atoms with E-state index in [1.54, 1.807) is 0 Å². The zero-order chi connectivity index (χ0) is 12.4. The van der Waals surface area contributed by atoms with E-state index in [2.05, 4.69) is 45.5 Å². The molecule has 1 saturated carbocycles. The predicted molar refractivity (Wildman–Crippen MR) is 83.4 cm³/mol. The lowest BCUT2D eigenvalue weighted by Gasteiger charge is -2.31. The van der Waals surface area contributed by atoms with Gasteiger partial charge in [0.25, 0.3) is 0 Å². The minimum absolute atomic E-state index is 0.523. The van der Waals surface area contributed by atoms with Crippen molar-refractivity contribution in [2.24, 2.45) is 10.4 Å². The summed E-state index contributed by atoms with van der Waals surface area (Å²) >= 11 is 5.33. The summed E-state index contributed by atoms with van der Waals surface area (Å²) in [5, 5.41) is 4.49. The van der Waals surface area contributed by atoms with E-state index < -0.39 is 0 Å². The number of benzene rings is 1. The Morgan fingerprint density at radius 3 is 2.50 bits per heavy atom. The molecular formula is C14H17BrN2S. The quantitative estimate of drug-likeness (QED) is 0.821. The lowest BCUT2D eigenvalue weighted by atomic mass is 9.89. The molecule has 1 N–H and O–H groups in total. The van der Waals surface area contributed by atoms with E-state index in [4.69, 9.17) is 4.99 Å².